The summed E-state index contributed by atoms with van der Waals surface area (Å²) in [4.78, 5) is 12.3. The molecule has 0 spiro atoms. The molecule has 0 aliphatic heterocycles. The molecule has 4 nitrogen and oxygen atoms in total. The molecule has 0 aromatic heterocycles. The van der Waals surface area contributed by atoms with Crippen LogP contribution in [0.2, 0.25) is 0 Å². The van der Waals surface area contributed by atoms with Gasteiger partial charge in [-0.25, -0.2) is 0 Å². The van der Waals surface area contributed by atoms with E-state index in [1.165, 1.54) is 128 Å². The first-order chi connectivity index (χ1) is 23.7. The predicted octanol–water partition coefficient (Wildman–Crippen LogP) is 12.6. The average Bonchev–Trinajstić information content (AvgIpc) is 3.09. The SMILES string of the molecule is CCCCC/C=C/CC/C=C/CC/C=C/C(O)C(CO)NC(=O)CCCCCCCCCCCCC/C=C\C/C=C\CCCCCCC. The van der Waals surface area contributed by atoms with Gasteiger partial charge >= 0.3 is 0 Å². The quantitative estimate of drug-likeness (QED) is 0.0459. The van der Waals surface area contributed by atoms with E-state index in [1.54, 1.807) is 6.08 Å². The number of hydrogen-bond donors (Lipinski definition) is 3. The first-order valence-electron chi connectivity index (χ1n) is 20.5. The zero-order chi connectivity index (χ0) is 35.0. The summed E-state index contributed by atoms with van der Waals surface area (Å²) in [7, 11) is 0. The fraction of sp³-hybridized carbons (Fsp3) is 0.750. The van der Waals surface area contributed by atoms with Crippen LogP contribution in [-0.4, -0.2) is 34.9 Å². The Bertz CT molecular complexity index is 812. The number of carbonyl (C=O) groups is 1. The van der Waals surface area contributed by atoms with E-state index < -0.39 is 12.1 Å². The Morgan fingerprint density at radius 1 is 0.500 bits per heavy atom. The second kappa shape index (κ2) is 39.5. The maximum Gasteiger partial charge on any atom is 0.220 e. The summed E-state index contributed by atoms with van der Waals surface area (Å²) in [5.74, 6) is -0.0836. The lowest BCUT2D eigenvalue weighted by molar-refractivity contribution is -0.123. The second-order valence-corrected chi connectivity index (χ2v) is 13.7. The first-order valence-corrected chi connectivity index (χ1v) is 20.5. The Morgan fingerprint density at radius 3 is 1.38 bits per heavy atom. The highest BCUT2D eigenvalue weighted by Gasteiger charge is 2.17. The van der Waals surface area contributed by atoms with Gasteiger partial charge in [0.2, 0.25) is 5.91 Å². The molecule has 3 N–H and O–H groups in total. The Hall–Kier alpha value is -1.91. The van der Waals surface area contributed by atoms with Gasteiger partial charge in [0.25, 0.3) is 0 Å². The van der Waals surface area contributed by atoms with Crippen molar-refractivity contribution in [1.29, 1.82) is 0 Å². The number of hydrogen-bond acceptors (Lipinski definition) is 3. The van der Waals surface area contributed by atoms with Crippen LogP contribution in [-0.2, 0) is 4.79 Å². The zero-order valence-corrected chi connectivity index (χ0v) is 31.7. The van der Waals surface area contributed by atoms with E-state index in [0.29, 0.717) is 6.42 Å². The molecule has 0 saturated carbocycles. The molecule has 0 radical (unpaired) electrons. The van der Waals surface area contributed by atoms with Crippen molar-refractivity contribution in [3.05, 3.63) is 60.8 Å². The van der Waals surface area contributed by atoms with Crippen molar-refractivity contribution < 1.29 is 15.0 Å². The smallest absolute Gasteiger partial charge is 0.220 e. The highest BCUT2D eigenvalue weighted by atomic mass is 16.3. The molecular weight excluding hydrogens is 590 g/mol. The third-order valence-electron chi connectivity index (χ3n) is 8.95. The molecule has 0 aliphatic rings. The number of rotatable bonds is 36. The summed E-state index contributed by atoms with van der Waals surface area (Å²) < 4.78 is 0. The Morgan fingerprint density at radius 2 is 0.875 bits per heavy atom. The van der Waals surface area contributed by atoms with E-state index in [4.69, 9.17) is 0 Å². The van der Waals surface area contributed by atoms with Crippen molar-refractivity contribution in [2.75, 3.05) is 6.61 Å². The van der Waals surface area contributed by atoms with Gasteiger partial charge in [0, 0.05) is 6.42 Å². The van der Waals surface area contributed by atoms with Gasteiger partial charge in [-0.1, -0.05) is 171 Å². The number of aliphatic hydroxyl groups excluding tert-OH is 2. The van der Waals surface area contributed by atoms with Crippen molar-refractivity contribution in [2.24, 2.45) is 0 Å². The molecule has 0 heterocycles. The van der Waals surface area contributed by atoms with Crippen molar-refractivity contribution in [2.45, 2.75) is 206 Å². The zero-order valence-electron chi connectivity index (χ0n) is 31.7. The van der Waals surface area contributed by atoms with Gasteiger partial charge in [0.15, 0.2) is 0 Å². The highest BCUT2D eigenvalue weighted by Crippen LogP contribution is 2.13. The minimum absolute atomic E-state index is 0.0836. The Labute approximate surface area is 298 Å². The minimum atomic E-state index is -0.871. The van der Waals surface area contributed by atoms with E-state index in [0.717, 1.165) is 44.9 Å². The van der Waals surface area contributed by atoms with Gasteiger partial charge in [-0.2, -0.15) is 0 Å². The molecule has 0 rings (SSSR count). The summed E-state index contributed by atoms with van der Waals surface area (Å²) in [6.07, 6.45) is 54.6. The lowest BCUT2D eigenvalue weighted by Gasteiger charge is -2.19. The number of carbonyl (C=O) groups excluding carboxylic acids is 1. The van der Waals surface area contributed by atoms with E-state index in [1.807, 2.05) is 6.08 Å². The number of allylic oxidation sites excluding steroid dienone is 9. The standard InChI is InChI=1S/C44H79NO3/c1-3-5-7-9-11-13-15-17-18-19-20-21-22-23-24-25-26-28-30-32-34-36-38-40-44(48)45-42(41-46)43(47)39-37-35-33-31-29-27-16-14-12-10-8-6-4-2/h12,14-15,17,19-20,29,31,37,39,42-43,46-47H,3-11,13,16,18,21-28,30,32-36,38,40-41H2,1-2H3,(H,45,48)/b14-12+,17-15-,20-19-,31-29+,39-37+. The van der Waals surface area contributed by atoms with Crippen LogP contribution in [0.1, 0.15) is 194 Å². The lowest BCUT2D eigenvalue weighted by atomic mass is 10.0. The molecule has 0 saturated heterocycles. The summed E-state index contributed by atoms with van der Waals surface area (Å²) in [6, 6.07) is -0.646. The molecule has 0 aliphatic carbocycles. The van der Waals surface area contributed by atoms with Gasteiger partial charge < -0.3 is 15.5 Å². The fourth-order valence-electron chi connectivity index (χ4n) is 5.77. The number of aliphatic hydroxyl groups is 2. The lowest BCUT2D eigenvalue weighted by Crippen LogP contribution is -2.45. The van der Waals surface area contributed by atoms with E-state index in [2.05, 4.69) is 67.8 Å². The topological polar surface area (TPSA) is 69.6 Å². The van der Waals surface area contributed by atoms with Crippen LogP contribution in [0.15, 0.2) is 60.8 Å². The average molecular weight is 670 g/mol. The predicted molar refractivity (Wildman–Crippen MR) is 211 cm³/mol. The molecule has 0 fully saturated rings. The molecular formula is C44H79NO3. The fourth-order valence-corrected chi connectivity index (χ4v) is 5.77. The Kier molecular flexibility index (Phi) is 38.0. The molecule has 0 aromatic carbocycles. The third kappa shape index (κ3) is 35.4. The van der Waals surface area contributed by atoms with E-state index >= 15 is 0 Å². The largest absolute Gasteiger partial charge is 0.394 e. The number of amides is 1. The third-order valence-corrected chi connectivity index (χ3v) is 8.95. The monoisotopic (exact) mass is 670 g/mol. The highest BCUT2D eigenvalue weighted by molar-refractivity contribution is 5.76. The number of unbranched alkanes of at least 4 members (excludes halogenated alkanes) is 21. The van der Waals surface area contributed by atoms with Crippen molar-refractivity contribution in [1.82, 2.24) is 5.32 Å². The Balaban J connectivity index is 3.62. The normalized spacial score (nSPS) is 13.7. The molecule has 4 heteroatoms. The van der Waals surface area contributed by atoms with Gasteiger partial charge in [-0.05, 0) is 77.0 Å². The molecule has 2 unspecified atom stereocenters. The summed E-state index contributed by atoms with van der Waals surface area (Å²) >= 11 is 0. The van der Waals surface area contributed by atoms with Gasteiger partial charge in [-0.15, -0.1) is 0 Å². The maximum absolute atomic E-state index is 12.3. The molecule has 1 amide bonds. The second-order valence-electron chi connectivity index (χ2n) is 13.7. The molecule has 2 atom stereocenters. The van der Waals surface area contributed by atoms with Crippen LogP contribution in [0.3, 0.4) is 0 Å². The van der Waals surface area contributed by atoms with Crippen LogP contribution >= 0.6 is 0 Å². The van der Waals surface area contributed by atoms with Crippen LogP contribution < -0.4 is 5.32 Å². The molecule has 0 bridgehead atoms. The van der Waals surface area contributed by atoms with Crippen LogP contribution in [0.5, 0.6) is 0 Å². The van der Waals surface area contributed by atoms with Gasteiger partial charge in [0.05, 0.1) is 18.8 Å². The summed E-state index contributed by atoms with van der Waals surface area (Å²) in [6.45, 7) is 4.24. The van der Waals surface area contributed by atoms with Crippen LogP contribution in [0.4, 0.5) is 0 Å². The first kappa shape index (κ1) is 46.1. The number of nitrogens with one attached hydrogen (secondary N) is 1. The molecule has 48 heavy (non-hydrogen) atoms. The van der Waals surface area contributed by atoms with Crippen LogP contribution in [0.25, 0.3) is 0 Å². The van der Waals surface area contributed by atoms with Crippen molar-refractivity contribution >= 4 is 5.91 Å². The van der Waals surface area contributed by atoms with E-state index in [-0.39, 0.29) is 12.5 Å². The van der Waals surface area contributed by atoms with E-state index in [9.17, 15) is 15.0 Å². The maximum atomic E-state index is 12.3. The summed E-state index contributed by atoms with van der Waals surface area (Å²) in [5, 5.41) is 22.9. The summed E-state index contributed by atoms with van der Waals surface area (Å²) in [5.41, 5.74) is 0. The van der Waals surface area contributed by atoms with Gasteiger partial charge in [0.1, 0.15) is 0 Å². The molecule has 278 valence electrons. The van der Waals surface area contributed by atoms with Gasteiger partial charge in [-0.3, -0.25) is 4.79 Å². The van der Waals surface area contributed by atoms with Crippen LogP contribution in [0, 0.1) is 0 Å². The van der Waals surface area contributed by atoms with Crippen molar-refractivity contribution in [3.63, 3.8) is 0 Å². The molecule has 0 aromatic rings. The minimum Gasteiger partial charge on any atom is -0.394 e. The van der Waals surface area contributed by atoms with Crippen molar-refractivity contribution in [3.8, 4) is 0 Å².